The molecule has 0 radical (unpaired) electrons. The van der Waals surface area contributed by atoms with Crippen molar-refractivity contribution < 1.29 is 12.8 Å². The normalized spacial score (nSPS) is 19.2. The van der Waals surface area contributed by atoms with Crippen LogP contribution in [0.1, 0.15) is 30.9 Å². The van der Waals surface area contributed by atoms with E-state index in [9.17, 15) is 12.8 Å². The maximum Gasteiger partial charge on any atom is 0.178 e. The van der Waals surface area contributed by atoms with Gasteiger partial charge in [0.25, 0.3) is 0 Å². The highest BCUT2D eigenvalue weighted by molar-refractivity contribution is 7.91. The first-order valence-electron chi connectivity index (χ1n) is 6.70. The van der Waals surface area contributed by atoms with Gasteiger partial charge in [0.05, 0.1) is 10.6 Å². The van der Waals surface area contributed by atoms with Crippen molar-refractivity contribution >= 4 is 9.84 Å². The summed E-state index contributed by atoms with van der Waals surface area (Å²) in [7, 11) is -3.18. The Hall–Kier alpha value is -0.940. The molecule has 1 aliphatic rings. The molecular weight excluding hydrogens is 265 g/mol. The predicted octanol–water partition coefficient (Wildman–Crippen LogP) is 2.24. The zero-order chi connectivity index (χ0) is 13.9. The van der Waals surface area contributed by atoms with E-state index >= 15 is 0 Å². The van der Waals surface area contributed by atoms with Crippen LogP contribution in [0.25, 0.3) is 0 Å². The smallest absolute Gasteiger partial charge is 0.178 e. The van der Waals surface area contributed by atoms with Gasteiger partial charge < -0.3 is 5.32 Å². The topological polar surface area (TPSA) is 46.2 Å². The molecule has 1 aliphatic heterocycles. The number of fused-ring (bicyclic) bond motifs is 1. The molecule has 106 valence electrons. The zero-order valence-corrected chi connectivity index (χ0v) is 12.0. The number of hydrogen-bond donors (Lipinski definition) is 1. The van der Waals surface area contributed by atoms with E-state index in [2.05, 4.69) is 5.32 Å². The number of nitrogens with one attached hydrogen (secondary N) is 1. The van der Waals surface area contributed by atoms with Gasteiger partial charge in [-0.25, -0.2) is 12.8 Å². The van der Waals surface area contributed by atoms with Crippen molar-refractivity contribution in [2.24, 2.45) is 0 Å². The van der Waals surface area contributed by atoms with E-state index in [4.69, 9.17) is 0 Å². The molecule has 1 aromatic rings. The average Bonchev–Trinajstić information content (AvgIpc) is 2.44. The Kier molecular flexibility index (Phi) is 4.58. The van der Waals surface area contributed by atoms with E-state index in [0.29, 0.717) is 24.3 Å². The minimum absolute atomic E-state index is 0.143. The van der Waals surface area contributed by atoms with Crippen molar-refractivity contribution in [2.45, 2.75) is 43.7 Å². The lowest BCUT2D eigenvalue weighted by molar-refractivity contribution is 0.358. The molecule has 0 amide bonds. The Morgan fingerprint density at radius 3 is 2.84 bits per heavy atom. The largest absolute Gasteiger partial charge is 0.307 e. The summed E-state index contributed by atoms with van der Waals surface area (Å²) >= 11 is 0. The second-order valence-corrected chi connectivity index (χ2v) is 7.15. The molecule has 0 spiro atoms. The highest BCUT2D eigenvalue weighted by Crippen LogP contribution is 2.22. The zero-order valence-electron chi connectivity index (χ0n) is 11.2. The Balaban J connectivity index is 2.22. The number of hydrogen-bond acceptors (Lipinski definition) is 3. The highest BCUT2D eigenvalue weighted by Gasteiger charge is 2.21. The van der Waals surface area contributed by atoms with Crippen LogP contribution in [0.3, 0.4) is 0 Å². The van der Waals surface area contributed by atoms with Gasteiger partial charge in [-0.05, 0) is 36.1 Å². The van der Waals surface area contributed by atoms with Gasteiger partial charge in [-0.15, -0.1) is 0 Å². The van der Waals surface area contributed by atoms with Gasteiger partial charge in [-0.1, -0.05) is 19.4 Å². The summed E-state index contributed by atoms with van der Waals surface area (Å²) in [5.74, 6) is 0.197. The fraction of sp³-hybridized carbons (Fsp3) is 0.571. The van der Waals surface area contributed by atoms with Crippen molar-refractivity contribution in [1.29, 1.82) is 0 Å². The summed E-state index contributed by atoms with van der Waals surface area (Å²) in [5.41, 5.74) is 2.03. The molecule has 0 bridgehead atoms. The minimum Gasteiger partial charge on any atom is -0.307 e. The summed E-state index contributed by atoms with van der Waals surface area (Å²) in [4.78, 5) is 0.389. The van der Waals surface area contributed by atoms with E-state index in [1.165, 1.54) is 0 Å². The van der Waals surface area contributed by atoms with Gasteiger partial charge in [-0.3, -0.25) is 0 Å². The van der Waals surface area contributed by atoms with E-state index in [0.717, 1.165) is 17.5 Å². The lowest BCUT2D eigenvalue weighted by Crippen LogP contribution is -2.37. The number of sulfone groups is 1. The fourth-order valence-corrected chi connectivity index (χ4v) is 3.81. The van der Waals surface area contributed by atoms with Crippen LogP contribution in [0.5, 0.6) is 0 Å². The molecule has 5 heteroatoms. The molecule has 2 rings (SSSR count). The van der Waals surface area contributed by atoms with Gasteiger partial charge in [-0.2, -0.15) is 0 Å². The average molecular weight is 285 g/mol. The van der Waals surface area contributed by atoms with Crippen LogP contribution < -0.4 is 5.32 Å². The quantitative estimate of drug-likeness (QED) is 0.902. The third-order valence-corrected chi connectivity index (χ3v) is 5.34. The van der Waals surface area contributed by atoms with Crippen LogP contribution in [0.2, 0.25) is 0 Å². The first kappa shape index (κ1) is 14.5. The lowest BCUT2D eigenvalue weighted by Gasteiger charge is -2.24. The van der Waals surface area contributed by atoms with Gasteiger partial charge in [0.1, 0.15) is 6.67 Å². The summed E-state index contributed by atoms with van der Waals surface area (Å²) < 4.78 is 36.9. The maximum absolute atomic E-state index is 12.6. The van der Waals surface area contributed by atoms with Crippen molar-refractivity contribution in [1.82, 2.24) is 5.32 Å². The van der Waals surface area contributed by atoms with Gasteiger partial charge in [0, 0.05) is 12.6 Å². The summed E-state index contributed by atoms with van der Waals surface area (Å²) in [6.45, 7) is 2.13. The van der Waals surface area contributed by atoms with Crippen molar-refractivity contribution in [3.8, 4) is 0 Å². The number of benzene rings is 1. The highest BCUT2D eigenvalue weighted by atomic mass is 32.2. The van der Waals surface area contributed by atoms with Crippen LogP contribution in [0.15, 0.2) is 23.1 Å². The van der Waals surface area contributed by atoms with Crippen LogP contribution in [-0.4, -0.2) is 26.9 Å². The Labute approximate surface area is 114 Å². The minimum atomic E-state index is -3.18. The van der Waals surface area contributed by atoms with E-state index < -0.39 is 16.5 Å². The molecule has 3 nitrogen and oxygen atoms in total. The molecular formula is C14H20FNO2S. The molecule has 0 saturated carbocycles. The third-order valence-electron chi connectivity index (χ3n) is 3.54. The molecule has 0 aromatic heterocycles. The van der Waals surface area contributed by atoms with E-state index in [1.54, 1.807) is 12.1 Å². The lowest BCUT2D eigenvalue weighted by atomic mass is 9.96. The van der Waals surface area contributed by atoms with Crippen molar-refractivity contribution in [3.05, 3.63) is 29.3 Å². The Morgan fingerprint density at radius 2 is 2.16 bits per heavy atom. The number of alkyl halides is 1. The number of halogens is 1. The van der Waals surface area contributed by atoms with Crippen LogP contribution >= 0.6 is 0 Å². The molecule has 0 fully saturated rings. The second kappa shape index (κ2) is 6.01. The fourth-order valence-electron chi connectivity index (χ4n) is 2.31. The molecule has 1 aromatic carbocycles. The molecule has 1 N–H and O–H groups in total. The third kappa shape index (κ3) is 3.34. The second-order valence-electron chi connectivity index (χ2n) is 5.04. The standard InChI is InChI=1S/C14H20FNO2S/c1-2-3-6-19(17,18)14-5-4-11-7-13(9-15)16-10-12(11)8-14/h4-5,8,13,16H,2-3,6-7,9-10H2,1H3. The molecule has 0 aliphatic carbocycles. The van der Waals surface area contributed by atoms with Gasteiger partial charge in [0.2, 0.25) is 0 Å². The molecule has 1 unspecified atom stereocenters. The van der Waals surface area contributed by atoms with E-state index in [1.807, 2.05) is 13.0 Å². The molecule has 1 heterocycles. The van der Waals surface area contributed by atoms with E-state index in [-0.39, 0.29) is 11.8 Å². The number of rotatable bonds is 5. The molecule has 0 saturated heterocycles. The SMILES string of the molecule is CCCCS(=O)(=O)c1ccc2c(c1)CNC(CF)C2. The predicted molar refractivity (Wildman–Crippen MR) is 73.7 cm³/mol. The van der Waals surface area contributed by atoms with Gasteiger partial charge in [0.15, 0.2) is 9.84 Å². The van der Waals surface area contributed by atoms with Crippen molar-refractivity contribution in [2.75, 3.05) is 12.4 Å². The monoisotopic (exact) mass is 285 g/mol. The first-order valence-corrected chi connectivity index (χ1v) is 8.36. The summed E-state index contributed by atoms with van der Waals surface area (Å²) in [6, 6.07) is 5.08. The first-order chi connectivity index (χ1) is 9.06. The van der Waals surface area contributed by atoms with Crippen LogP contribution in [0.4, 0.5) is 4.39 Å². The van der Waals surface area contributed by atoms with Crippen LogP contribution in [0, 0.1) is 0 Å². The molecule has 19 heavy (non-hydrogen) atoms. The number of unbranched alkanes of at least 4 members (excludes halogenated alkanes) is 1. The Morgan fingerprint density at radius 1 is 1.37 bits per heavy atom. The Bertz CT molecular complexity index is 542. The maximum atomic E-state index is 12.6. The summed E-state index contributed by atoms with van der Waals surface area (Å²) in [5, 5.41) is 3.08. The van der Waals surface area contributed by atoms with Crippen LogP contribution in [-0.2, 0) is 22.8 Å². The van der Waals surface area contributed by atoms with Crippen molar-refractivity contribution in [3.63, 3.8) is 0 Å². The van der Waals surface area contributed by atoms with Gasteiger partial charge >= 0.3 is 0 Å². The summed E-state index contributed by atoms with van der Waals surface area (Å²) in [6.07, 6.45) is 2.17. The molecule has 1 atom stereocenters.